The Balaban J connectivity index is 2.25. The van der Waals surface area contributed by atoms with Crippen LogP contribution in [0.5, 0.6) is 0 Å². The second-order valence-corrected chi connectivity index (χ2v) is 4.37. The Bertz CT molecular complexity index is 376. The van der Waals surface area contributed by atoms with Gasteiger partial charge in [0.25, 0.3) is 0 Å². The van der Waals surface area contributed by atoms with Crippen molar-refractivity contribution in [3.63, 3.8) is 0 Å². The number of aromatic nitrogens is 1. The van der Waals surface area contributed by atoms with Gasteiger partial charge in [-0.1, -0.05) is 6.92 Å². The summed E-state index contributed by atoms with van der Waals surface area (Å²) in [7, 11) is 0. The summed E-state index contributed by atoms with van der Waals surface area (Å²) >= 11 is 0. The van der Waals surface area contributed by atoms with E-state index in [1.807, 2.05) is 13.0 Å². The number of carbonyl (C=O) groups excluding carboxylic acids is 1. The number of rotatable bonds is 2. The smallest absolute Gasteiger partial charge is 0.151 e. The molecular weight excluding hydrogens is 188 g/mol. The lowest BCUT2D eigenvalue weighted by Crippen LogP contribution is -2.21. The number of nitrogens with zero attached hydrogens (tertiary/aromatic N) is 2. The summed E-state index contributed by atoms with van der Waals surface area (Å²) < 4.78 is 0. The quantitative estimate of drug-likeness (QED) is 0.691. The molecule has 1 unspecified atom stereocenters. The zero-order valence-corrected chi connectivity index (χ0v) is 9.23. The van der Waals surface area contributed by atoms with Gasteiger partial charge in [-0.05, 0) is 30.9 Å². The van der Waals surface area contributed by atoms with Crippen molar-refractivity contribution in [1.82, 2.24) is 4.98 Å². The average molecular weight is 204 g/mol. The molecule has 1 fully saturated rings. The standard InChI is InChI=1S/C12H16N2O/c1-9-3-4-14(7-9)12-10(2)5-11(8-15)6-13-12/h5-6,8-9H,3-4,7H2,1-2H3. The molecule has 0 aromatic carbocycles. The second kappa shape index (κ2) is 4.01. The van der Waals surface area contributed by atoms with Gasteiger partial charge in [-0.15, -0.1) is 0 Å². The van der Waals surface area contributed by atoms with Crippen molar-refractivity contribution >= 4 is 12.1 Å². The fourth-order valence-corrected chi connectivity index (χ4v) is 2.11. The number of hydrogen-bond acceptors (Lipinski definition) is 3. The molecule has 3 heteroatoms. The number of hydrogen-bond donors (Lipinski definition) is 0. The molecule has 0 bridgehead atoms. The van der Waals surface area contributed by atoms with Crippen LogP contribution in [-0.2, 0) is 0 Å². The molecule has 1 aliphatic rings. The molecule has 0 radical (unpaired) electrons. The first-order valence-corrected chi connectivity index (χ1v) is 5.37. The number of aryl methyl sites for hydroxylation is 1. The van der Waals surface area contributed by atoms with Gasteiger partial charge in [0.15, 0.2) is 6.29 Å². The van der Waals surface area contributed by atoms with Crippen LogP contribution in [0.25, 0.3) is 0 Å². The van der Waals surface area contributed by atoms with Crippen LogP contribution in [0.2, 0.25) is 0 Å². The third kappa shape index (κ3) is 2.01. The highest BCUT2D eigenvalue weighted by molar-refractivity contribution is 5.75. The fourth-order valence-electron chi connectivity index (χ4n) is 2.11. The van der Waals surface area contributed by atoms with Crippen LogP contribution < -0.4 is 4.90 Å². The van der Waals surface area contributed by atoms with E-state index in [1.54, 1.807) is 6.20 Å². The first-order chi connectivity index (χ1) is 7.20. The largest absolute Gasteiger partial charge is 0.356 e. The first kappa shape index (κ1) is 10.1. The van der Waals surface area contributed by atoms with Gasteiger partial charge in [0.05, 0.1) is 0 Å². The Morgan fingerprint density at radius 1 is 1.60 bits per heavy atom. The Labute approximate surface area is 90.1 Å². The minimum absolute atomic E-state index is 0.656. The van der Waals surface area contributed by atoms with Crippen molar-refractivity contribution < 1.29 is 4.79 Å². The normalized spacial score (nSPS) is 20.7. The third-order valence-electron chi connectivity index (χ3n) is 2.93. The molecule has 1 saturated heterocycles. The van der Waals surface area contributed by atoms with Crippen molar-refractivity contribution in [3.05, 3.63) is 23.4 Å². The molecule has 1 aliphatic heterocycles. The summed E-state index contributed by atoms with van der Waals surface area (Å²) in [6, 6.07) is 1.90. The summed E-state index contributed by atoms with van der Waals surface area (Å²) in [5.41, 5.74) is 1.75. The first-order valence-electron chi connectivity index (χ1n) is 5.37. The van der Waals surface area contributed by atoms with E-state index in [0.717, 1.165) is 36.7 Å². The summed E-state index contributed by atoms with van der Waals surface area (Å²) in [5, 5.41) is 0. The molecule has 80 valence electrons. The Hall–Kier alpha value is -1.38. The molecule has 2 heterocycles. The Morgan fingerprint density at radius 3 is 2.93 bits per heavy atom. The van der Waals surface area contributed by atoms with Crippen molar-refractivity contribution in [3.8, 4) is 0 Å². The summed E-state index contributed by atoms with van der Waals surface area (Å²) in [4.78, 5) is 17.3. The maximum absolute atomic E-state index is 10.6. The molecule has 0 amide bonds. The molecule has 1 atom stereocenters. The van der Waals surface area contributed by atoms with E-state index in [-0.39, 0.29) is 0 Å². The van der Waals surface area contributed by atoms with Crippen molar-refractivity contribution in [2.75, 3.05) is 18.0 Å². The summed E-state index contributed by atoms with van der Waals surface area (Å²) in [5.74, 6) is 1.78. The van der Waals surface area contributed by atoms with E-state index < -0.39 is 0 Å². The predicted octanol–water partition coefficient (Wildman–Crippen LogP) is 2.05. The Kier molecular flexibility index (Phi) is 2.71. The number of carbonyl (C=O) groups is 1. The maximum Gasteiger partial charge on any atom is 0.151 e. The van der Waals surface area contributed by atoms with Gasteiger partial charge in [0.1, 0.15) is 5.82 Å². The van der Waals surface area contributed by atoms with Crippen molar-refractivity contribution in [2.24, 2.45) is 5.92 Å². The zero-order valence-electron chi connectivity index (χ0n) is 9.23. The molecule has 3 nitrogen and oxygen atoms in total. The highest BCUT2D eigenvalue weighted by atomic mass is 16.1. The minimum Gasteiger partial charge on any atom is -0.356 e. The lowest BCUT2D eigenvalue weighted by molar-refractivity contribution is 0.112. The van der Waals surface area contributed by atoms with Crippen LogP contribution in [0.1, 0.15) is 29.3 Å². The van der Waals surface area contributed by atoms with E-state index in [2.05, 4.69) is 16.8 Å². The third-order valence-corrected chi connectivity index (χ3v) is 2.93. The SMILES string of the molecule is Cc1cc(C=O)cnc1N1CCC(C)C1. The number of anilines is 1. The van der Waals surface area contributed by atoms with E-state index in [9.17, 15) is 4.79 Å². The van der Waals surface area contributed by atoms with Crippen molar-refractivity contribution in [1.29, 1.82) is 0 Å². The van der Waals surface area contributed by atoms with E-state index >= 15 is 0 Å². The van der Waals surface area contributed by atoms with Crippen LogP contribution in [0, 0.1) is 12.8 Å². The van der Waals surface area contributed by atoms with Gasteiger partial charge in [-0.3, -0.25) is 4.79 Å². The topological polar surface area (TPSA) is 33.2 Å². The maximum atomic E-state index is 10.6. The lowest BCUT2D eigenvalue weighted by Gasteiger charge is -2.19. The van der Waals surface area contributed by atoms with E-state index in [1.165, 1.54) is 6.42 Å². The molecule has 0 saturated carbocycles. The molecule has 0 spiro atoms. The summed E-state index contributed by atoms with van der Waals surface area (Å²) in [6.45, 7) is 6.43. The number of pyridine rings is 1. The Morgan fingerprint density at radius 2 is 2.40 bits per heavy atom. The van der Waals surface area contributed by atoms with Crippen LogP contribution in [0.4, 0.5) is 5.82 Å². The predicted molar refractivity (Wildman–Crippen MR) is 60.4 cm³/mol. The van der Waals surface area contributed by atoms with Crippen LogP contribution in [-0.4, -0.2) is 24.4 Å². The van der Waals surface area contributed by atoms with Crippen LogP contribution >= 0.6 is 0 Å². The second-order valence-electron chi connectivity index (χ2n) is 4.37. The van der Waals surface area contributed by atoms with Gasteiger partial charge >= 0.3 is 0 Å². The van der Waals surface area contributed by atoms with Gasteiger partial charge < -0.3 is 4.90 Å². The highest BCUT2D eigenvalue weighted by Gasteiger charge is 2.20. The molecule has 1 aromatic rings. The fraction of sp³-hybridized carbons (Fsp3) is 0.500. The van der Waals surface area contributed by atoms with Crippen LogP contribution in [0.15, 0.2) is 12.3 Å². The van der Waals surface area contributed by atoms with Gasteiger partial charge in [0.2, 0.25) is 0 Å². The number of aldehydes is 1. The molecule has 0 N–H and O–H groups in total. The van der Waals surface area contributed by atoms with Gasteiger partial charge in [-0.2, -0.15) is 0 Å². The van der Waals surface area contributed by atoms with Gasteiger partial charge in [-0.25, -0.2) is 4.98 Å². The summed E-state index contributed by atoms with van der Waals surface area (Å²) in [6.07, 6.45) is 3.73. The van der Waals surface area contributed by atoms with Gasteiger partial charge in [0, 0.05) is 24.8 Å². The minimum atomic E-state index is 0.656. The van der Waals surface area contributed by atoms with E-state index in [4.69, 9.17) is 0 Å². The molecular formula is C12H16N2O. The highest BCUT2D eigenvalue weighted by Crippen LogP contribution is 2.24. The lowest BCUT2D eigenvalue weighted by atomic mass is 10.2. The van der Waals surface area contributed by atoms with Crippen molar-refractivity contribution in [2.45, 2.75) is 20.3 Å². The van der Waals surface area contributed by atoms with Crippen LogP contribution in [0.3, 0.4) is 0 Å². The zero-order chi connectivity index (χ0) is 10.8. The molecule has 15 heavy (non-hydrogen) atoms. The monoisotopic (exact) mass is 204 g/mol. The van der Waals surface area contributed by atoms with E-state index in [0.29, 0.717) is 5.56 Å². The average Bonchev–Trinajstić information content (AvgIpc) is 2.64. The molecule has 2 rings (SSSR count). The molecule has 1 aromatic heterocycles. The molecule has 0 aliphatic carbocycles.